The van der Waals surface area contributed by atoms with Crippen molar-refractivity contribution in [2.45, 2.75) is 37.6 Å². The molecule has 4 heterocycles. The van der Waals surface area contributed by atoms with Crippen LogP contribution in [0.3, 0.4) is 0 Å². The van der Waals surface area contributed by atoms with E-state index in [1.54, 1.807) is 6.20 Å². The summed E-state index contributed by atoms with van der Waals surface area (Å²) < 4.78 is 7.51. The van der Waals surface area contributed by atoms with E-state index in [2.05, 4.69) is 20.5 Å². The van der Waals surface area contributed by atoms with Crippen LogP contribution in [0.4, 0.5) is 5.69 Å². The number of fused-ring (bicyclic) bond motifs is 1. The van der Waals surface area contributed by atoms with Crippen molar-refractivity contribution < 1.29 is 9.53 Å². The van der Waals surface area contributed by atoms with Crippen molar-refractivity contribution in [3.05, 3.63) is 18.3 Å². The van der Waals surface area contributed by atoms with Crippen molar-refractivity contribution in [3.8, 4) is 10.7 Å². The summed E-state index contributed by atoms with van der Waals surface area (Å²) in [6.07, 6.45) is 3.97. The fraction of sp³-hybridized carbons (Fsp3) is 0.444. The molecule has 3 aromatic rings. The molecular weight excluding hydrogens is 396 g/mol. The maximum Gasteiger partial charge on any atom is 0.230 e. The van der Waals surface area contributed by atoms with Crippen LogP contribution >= 0.6 is 23.1 Å². The van der Waals surface area contributed by atoms with Crippen LogP contribution in [0.5, 0.6) is 0 Å². The van der Waals surface area contributed by atoms with E-state index in [0.717, 1.165) is 34.5 Å². The Balaban J connectivity index is 1.46. The van der Waals surface area contributed by atoms with Crippen molar-refractivity contribution in [2.75, 3.05) is 24.6 Å². The number of aromatic nitrogens is 4. The maximum atomic E-state index is 12.1. The Morgan fingerprint density at radius 3 is 3.14 bits per heavy atom. The summed E-state index contributed by atoms with van der Waals surface area (Å²) >= 11 is 2.88. The summed E-state index contributed by atoms with van der Waals surface area (Å²) in [4.78, 5) is 18.3. The number of nitrogens with two attached hydrogens (primary N) is 1. The predicted octanol–water partition coefficient (Wildman–Crippen LogP) is 2.54. The molecule has 1 aliphatic heterocycles. The lowest BCUT2D eigenvalue weighted by molar-refractivity contribution is -0.119. The van der Waals surface area contributed by atoms with Crippen molar-refractivity contribution >= 4 is 44.9 Å². The van der Waals surface area contributed by atoms with Gasteiger partial charge in [0.25, 0.3) is 0 Å². The maximum absolute atomic E-state index is 12.1. The quantitative estimate of drug-likeness (QED) is 0.568. The molecule has 3 N–H and O–H groups in total. The van der Waals surface area contributed by atoms with E-state index in [0.29, 0.717) is 29.8 Å². The Labute approximate surface area is 170 Å². The van der Waals surface area contributed by atoms with Crippen LogP contribution in [-0.4, -0.2) is 50.7 Å². The average molecular weight is 419 g/mol. The molecule has 3 aromatic heterocycles. The number of thiophene rings is 1. The lowest BCUT2D eigenvalue weighted by atomic mass is 10.2. The topological polar surface area (TPSA) is 108 Å². The third-order valence-electron chi connectivity index (χ3n) is 4.62. The predicted molar refractivity (Wildman–Crippen MR) is 111 cm³/mol. The van der Waals surface area contributed by atoms with Gasteiger partial charge in [-0.05, 0) is 31.9 Å². The van der Waals surface area contributed by atoms with Crippen molar-refractivity contribution in [1.82, 2.24) is 25.1 Å². The second kappa shape index (κ2) is 8.46. The van der Waals surface area contributed by atoms with Gasteiger partial charge in [0.1, 0.15) is 4.83 Å². The molecule has 1 atom stereocenters. The van der Waals surface area contributed by atoms with E-state index >= 15 is 0 Å². The van der Waals surface area contributed by atoms with Gasteiger partial charge in [0.05, 0.1) is 22.4 Å². The molecule has 0 aromatic carbocycles. The molecule has 0 unspecified atom stereocenters. The van der Waals surface area contributed by atoms with E-state index in [9.17, 15) is 4.79 Å². The molecule has 28 heavy (non-hydrogen) atoms. The second-order valence-corrected chi connectivity index (χ2v) is 8.42. The highest BCUT2D eigenvalue weighted by Crippen LogP contribution is 2.39. The number of carbonyl (C=O) groups excluding carboxylic acids is 1. The van der Waals surface area contributed by atoms with Gasteiger partial charge in [0, 0.05) is 31.3 Å². The summed E-state index contributed by atoms with van der Waals surface area (Å²) in [6, 6.07) is 3.83. The van der Waals surface area contributed by atoms with Crippen LogP contribution in [0.15, 0.2) is 23.5 Å². The van der Waals surface area contributed by atoms with E-state index in [1.165, 1.54) is 23.1 Å². The monoisotopic (exact) mass is 418 g/mol. The van der Waals surface area contributed by atoms with Crippen LogP contribution in [0.1, 0.15) is 19.8 Å². The standard InChI is InChI=1S/C18H22N6O2S2/c1-2-24-16(15-14(19)12-6-3-7-20-17(12)28-15)22-23-18(24)27-10-13(25)21-9-11-5-4-8-26-11/h3,6-7,11H,2,4-5,8-10,19H2,1H3,(H,21,25)/t11-/m1/s1. The highest BCUT2D eigenvalue weighted by Gasteiger charge is 2.21. The molecule has 0 bridgehead atoms. The van der Waals surface area contributed by atoms with Crippen molar-refractivity contribution in [2.24, 2.45) is 0 Å². The largest absolute Gasteiger partial charge is 0.397 e. The highest BCUT2D eigenvalue weighted by atomic mass is 32.2. The number of nitrogens with zero attached hydrogens (tertiary/aromatic N) is 4. The number of hydrogen-bond donors (Lipinski definition) is 2. The van der Waals surface area contributed by atoms with Gasteiger partial charge in [-0.3, -0.25) is 4.79 Å². The molecule has 10 heteroatoms. The first-order valence-corrected chi connectivity index (χ1v) is 11.0. The Kier molecular flexibility index (Phi) is 5.79. The minimum absolute atomic E-state index is 0.0294. The van der Waals surface area contributed by atoms with Crippen molar-refractivity contribution in [1.29, 1.82) is 0 Å². The van der Waals surface area contributed by atoms with Gasteiger partial charge < -0.3 is 20.4 Å². The first-order chi connectivity index (χ1) is 13.7. The third kappa shape index (κ3) is 3.85. The Hall–Kier alpha value is -2.17. The number of thioether (sulfide) groups is 1. The molecule has 0 saturated carbocycles. The second-order valence-electron chi connectivity index (χ2n) is 6.48. The zero-order chi connectivity index (χ0) is 19.5. The molecule has 1 amide bonds. The average Bonchev–Trinajstić information content (AvgIpc) is 3.44. The van der Waals surface area contributed by atoms with E-state index in [1.807, 2.05) is 23.6 Å². The zero-order valence-corrected chi connectivity index (χ0v) is 17.2. The smallest absolute Gasteiger partial charge is 0.230 e. The minimum atomic E-state index is -0.0294. The normalized spacial score (nSPS) is 16.7. The van der Waals surface area contributed by atoms with Crippen molar-refractivity contribution in [3.63, 3.8) is 0 Å². The van der Waals surface area contributed by atoms with Crippen LogP contribution in [-0.2, 0) is 16.1 Å². The highest BCUT2D eigenvalue weighted by molar-refractivity contribution is 7.99. The number of pyridine rings is 1. The number of hydrogen-bond acceptors (Lipinski definition) is 8. The van der Waals surface area contributed by atoms with Gasteiger partial charge in [-0.15, -0.1) is 21.5 Å². The van der Waals surface area contributed by atoms with Gasteiger partial charge in [0.2, 0.25) is 5.91 Å². The van der Waals surface area contributed by atoms with Crippen LogP contribution in [0.25, 0.3) is 20.9 Å². The van der Waals surface area contributed by atoms with E-state index in [-0.39, 0.29) is 17.8 Å². The Bertz CT molecular complexity index is 980. The summed E-state index contributed by atoms with van der Waals surface area (Å²) in [5.41, 5.74) is 7.00. The summed E-state index contributed by atoms with van der Waals surface area (Å²) in [6.45, 7) is 4.06. The number of nitrogen functional groups attached to an aromatic ring is 1. The van der Waals surface area contributed by atoms with E-state index < -0.39 is 0 Å². The number of nitrogens with one attached hydrogen (secondary N) is 1. The number of carbonyl (C=O) groups is 1. The number of anilines is 1. The van der Waals surface area contributed by atoms with Crippen LogP contribution in [0, 0.1) is 0 Å². The fourth-order valence-electron chi connectivity index (χ4n) is 3.18. The lowest BCUT2D eigenvalue weighted by Crippen LogP contribution is -2.32. The molecule has 0 spiro atoms. The molecule has 1 fully saturated rings. The molecule has 1 aliphatic rings. The Morgan fingerprint density at radius 2 is 2.39 bits per heavy atom. The Morgan fingerprint density at radius 1 is 1.50 bits per heavy atom. The molecule has 1 saturated heterocycles. The minimum Gasteiger partial charge on any atom is -0.397 e. The SMILES string of the molecule is CCn1c(SCC(=O)NC[C@H]2CCCO2)nnc1-c1sc2ncccc2c1N. The van der Waals surface area contributed by atoms with Gasteiger partial charge >= 0.3 is 0 Å². The zero-order valence-electron chi connectivity index (χ0n) is 15.6. The van der Waals surface area contributed by atoms with Gasteiger partial charge in [-0.2, -0.15) is 0 Å². The van der Waals surface area contributed by atoms with Gasteiger partial charge in [-0.1, -0.05) is 11.8 Å². The molecule has 0 radical (unpaired) electrons. The number of amides is 1. The fourth-order valence-corrected chi connectivity index (χ4v) is 5.07. The molecule has 148 valence electrons. The molecule has 0 aliphatic carbocycles. The summed E-state index contributed by atoms with van der Waals surface area (Å²) in [5.74, 6) is 0.970. The molecular formula is C18H22N6O2S2. The third-order valence-corrected chi connectivity index (χ3v) is 6.72. The van der Waals surface area contributed by atoms with E-state index in [4.69, 9.17) is 10.5 Å². The first kappa shape index (κ1) is 19.2. The lowest BCUT2D eigenvalue weighted by Gasteiger charge is -2.10. The molecule has 8 nitrogen and oxygen atoms in total. The van der Waals surface area contributed by atoms with Crippen LogP contribution in [0.2, 0.25) is 0 Å². The first-order valence-electron chi connectivity index (χ1n) is 9.25. The van der Waals surface area contributed by atoms with Gasteiger partial charge in [-0.25, -0.2) is 4.98 Å². The summed E-state index contributed by atoms with van der Waals surface area (Å²) in [5, 5.41) is 13.2. The number of rotatable bonds is 7. The summed E-state index contributed by atoms with van der Waals surface area (Å²) in [7, 11) is 0. The van der Waals surface area contributed by atoms with Gasteiger partial charge in [0.15, 0.2) is 11.0 Å². The number of ether oxygens (including phenoxy) is 1. The van der Waals surface area contributed by atoms with Crippen LogP contribution < -0.4 is 11.1 Å². The molecule has 4 rings (SSSR count).